The van der Waals surface area contributed by atoms with Crippen LogP contribution in [0.4, 0.5) is 19.0 Å². The second kappa shape index (κ2) is 10.2. The van der Waals surface area contributed by atoms with Crippen LogP contribution in [0.3, 0.4) is 0 Å². The Hall–Kier alpha value is -3.16. The zero-order valence-corrected chi connectivity index (χ0v) is 20.4. The summed E-state index contributed by atoms with van der Waals surface area (Å²) in [4.78, 5) is 4.32. The number of nitrogens with one attached hydrogen (secondary N) is 2. The van der Waals surface area contributed by atoms with Gasteiger partial charge in [-0.15, -0.1) is 13.2 Å². The van der Waals surface area contributed by atoms with Gasteiger partial charge in [-0.1, -0.05) is 36.4 Å². The van der Waals surface area contributed by atoms with Gasteiger partial charge in [0, 0.05) is 30.8 Å². The van der Waals surface area contributed by atoms with Gasteiger partial charge in [-0.05, 0) is 34.5 Å². The molecule has 184 valence electrons. The van der Waals surface area contributed by atoms with Gasteiger partial charge in [-0.25, -0.2) is 18.1 Å². The van der Waals surface area contributed by atoms with Crippen molar-refractivity contribution in [1.29, 1.82) is 0 Å². The van der Waals surface area contributed by atoms with Crippen molar-refractivity contribution in [2.45, 2.75) is 17.7 Å². The maximum atomic E-state index is 12.5. The monoisotopic (exact) mass is 569 g/mol. The van der Waals surface area contributed by atoms with E-state index in [1.54, 1.807) is 10.7 Å². The van der Waals surface area contributed by atoms with Crippen LogP contribution in [0, 0.1) is 0 Å². The van der Waals surface area contributed by atoms with Crippen molar-refractivity contribution < 1.29 is 26.3 Å². The van der Waals surface area contributed by atoms with E-state index in [1.807, 2.05) is 36.4 Å². The van der Waals surface area contributed by atoms with E-state index >= 15 is 0 Å². The van der Waals surface area contributed by atoms with E-state index in [-0.39, 0.29) is 11.4 Å². The first-order valence-electron chi connectivity index (χ1n) is 10.3. The Kier molecular flexibility index (Phi) is 7.28. The minimum atomic E-state index is -4.91. The number of rotatable bonds is 9. The minimum Gasteiger partial charge on any atom is -0.406 e. The fraction of sp³-hybridized carbons (Fsp3) is 0.182. The number of hydrogen-bond acceptors (Lipinski definition) is 6. The second-order valence-corrected chi connectivity index (χ2v) is 9.94. The summed E-state index contributed by atoms with van der Waals surface area (Å²) in [6.45, 7) is 0.451. The van der Waals surface area contributed by atoms with Gasteiger partial charge >= 0.3 is 6.36 Å². The number of nitrogens with zero attached hydrogens (tertiary/aromatic N) is 3. The normalized spacial score (nSPS) is 12.1. The molecule has 0 atom stereocenters. The number of sulfonamides is 1. The van der Waals surface area contributed by atoms with Crippen molar-refractivity contribution in [2.24, 2.45) is 0 Å². The van der Waals surface area contributed by atoms with Crippen molar-refractivity contribution >= 4 is 37.4 Å². The van der Waals surface area contributed by atoms with Gasteiger partial charge in [0.2, 0.25) is 10.0 Å². The molecule has 35 heavy (non-hydrogen) atoms. The van der Waals surface area contributed by atoms with Crippen LogP contribution in [-0.4, -0.2) is 42.5 Å². The Bertz CT molecular complexity index is 1430. The number of alkyl halides is 3. The number of benzene rings is 2. The molecule has 0 amide bonds. The van der Waals surface area contributed by atoms with Crippen LogP contribution >= 0.6 is 15.9 Å². The number of aromatic nitrogens is 3. The fourth-order valence-electron chi connectivity index (χ4n) is 3.25. The third-order valence-corrected chi connectivity index (χ3v) is 6.82. The molecule has 0 aliphatic carbocycles. The average molecular weight is 570 g/mol. The van der Waals surface area contributed by atoms with Gasteiger partial charge in [0.25, 0.3) is 0 Å². The summed E-state index contributed by atoms with van der Waals surface area (Å²) >= 11 is 3.44. The average Bonchev–Trinajstić information content (AvgIpc) is 3.19. The second-order valence-electron chi connectivity index (χ2n) is 7.32. The quantitative estimate of drug-likeness (QED) is 0.280. The van der Waals surface area contributed by atoms with E-state index in [0.717, 1.165) is 27.9 Å². The van der Waals surface area contributed by atoms with Crippen LogP contribution in [0.5, 0.6) is 5.75 Å². The highest BCUT2D eigenvalue weighted by atomic mass is 79.9. The Morgan fingerprint density at radius 1 is 1.03 bits per heavy atom. The Morgan fingerprint density at radius 3 is 2.54 bits per heavy atom. The number of halogens is 4. The summed E-state index contributed by atoms with van der Waals surface area (Å²) < 4.78 is 70.7. The molecule has 0 fully saturated rings. The summed E-state index contributed by atoms with van der Waals surface area (Å²) in [5, 5.41) is 7.54. The number of fused-ring (bicyclic) bond motifs is 1. The summed E-state index contributed by atoms with van der Waals surface area (Å²) in [5.74, 6) is 0.0581. The van der Waals surface area contributed by atoms with Crippen LogP contribution in [0.1, 0.15) is 6.42 Å². The molecule has 0 aliphatic rings. The molecule has 8 nitrogen and oxygen atoms in total. The summed E-state index contributed by atoms with van der Waals surface area (Å²) in [6, 6.07) is 15.7. The van der Waals surface area contributed by atoms with Gasteiger partial charge < -0.3 is 10.1 Å². The molecule has 0 unspecified atom stereocenters. The molecule has 2 aromatic carbocycles. The first kappa shape index (κ1) is 24.9. The number of anilines is 1. The highest BCUT2D eigenvalue weighted by Crippen LogP contribution is 2.26. The molecular weight excluding hydrogens is 551 g/mol. The molecule has 4 aromatic rings. The van der Waals surface area contributed by atoms with Crippen molar-refractivity contribution in [3.63, 3.8) is 0 Å². The van der Waals surface area contributed by atoms with Crippen molar-refractivity contribution in [2.75, 3.05) is 18.4 Å². The Labute approximate surface area is 207 Å². The van der Waals surface area contributed by atoms with E-state index in [1.165, 1.54) is 12.1 Å². The highest BCUT2D eigenvalue weighted by molar-refractivity contribution is 9.10. The van der Waals surface area contributed by atoms with E-state index in [4.69, 9.17) is 0 Å². The van der Waals surface area contributed by atoms with E-state index in [0.29, 0.717) is 24.4 Å². The molecule has 0 radical (unpaired) electrons. The van der Waals surface area contributed by atoms with Crippen LogP contribution in [-0.2, 0) is 10.0 Å². The van der Waals surface area contributed by atoms with E-state index in [2.05, 4.69) is 40.8 Å². The largest absolute Gasteiger partial charge is 0.573 e. The molecule has 2 N–H and O–H groups in total. The van der Waals surface area contributed by atoms with Crippen LogP contribution in [0.25, 0.3) is 16.9 Å². The molecule has 13 heteroatoms. The topological polar surface area (TPSA) is 97.6 Å². The standard InChI is InChI=1S/C22H19BrF3N5O3S/c23-18-14-28-31-20(13-19(30-21(18)31)15-6-2-1-3-7-15)27-10-5-11-29-35(32,33)17-9-4-8-16(12-17)34-22(24,25)26/h1-4,6-9,12-14,27,29H,5,10-11H2. The highest BCUT2D eigenvalue weighted by Gasteiger charge is 2.31. The lowest BCUT2D eigenvalue weighted by atomic mass is 10.1. The SMILES string of the molecule is O=S(=O)(NCCCNc1cc(-c2ccccc2)nc2c(Br)cnn12)c1cccc(OC(F)(F)F)c1. The van der Waals surface area contributed by atoms with Gasteiger partial charge in [0.15, 0.2) is 5.65 Å². The van der Waals surface area contributed by atoms with Gasteiger partial charge in [0.1, 0.15) is 11.6 Å². The number of hydrogen-bond donors (Lipinski definition) is 2. The number of ether oxygens (including phenoxy) is 1. The maximum Gasteiger partial charge on any atom is 0.573 e. The lowest BCUT2D eigenvalue weighted by Gasteiger charge is -2.12. The molecule has 0 saturated carbocycles. The molecule has 2 heterocycles. The Morgan fingerprint density at radius 2 is 1.80 bits per heavy atom. The van der Waals surface area contributed by atoms with Crippen molar-refractivity contribution in [3.8, 4) is 17.0 Å². The van der Waals surface area contributed by atoms with Crippen LogP contribution in [0.15, 0.2) is 76.2 Å². The zero-order valence-electron chi connectivity index (χ0n) is 18.0. The van der Waals surface area contributed by atoms with Crippen LogP contribution in [0.2, 0.25) is 0 Å². The molecule has 2 aromatic heterocycles. The summed E-state index contributed by atoms with van der Waals surface area (Å²) in [5.41, 5.74) is 2.29. The zero-order chi connectivity index (χ0) is 25.1. The third-order valence-electron chi connectivity index (χ3n) is 4.80. The van der Waals surface area contributed by atoms with Crippen LogP contribution < -0.4 is 14.8 Å². The Balaban J connectivity index is 1.40. The van der Waals surface area contributed by atoms with Gasteiger partial charge in [-0.3, -0.25) is 0 Å². The smallest absolute Gasteiger partial charge is 0.406 e. The first-order chi connectivity index (χ1) is 16.6. The molecule has 0 saturated heterocycles. The molecular formula is C22H19BrF3N5O3S. The predicted molar refractivity (Wildman–Crippen MR) is 128 cm³/mol. The minimum absolute atomic E-state index is 0.0578. The first-order valence-corrected chi connectivity index (χ1v) is 12.6. The van der Waals surface area contributed by atoms with E-state index in [9.17, 15) is 21.6 Å². The molecule has 4 rings (SSSR count). The maximum absolute atomic E-state index is 12.5. The van der Waals surface area contributed by atoms with E-state index < -0.39 is 22.1 Å². The van der Waals surface area contributed by atoms with Gasteiger partial charge in [-0.2, -0.15) is 9.61 Å². The predicted octanol–water partition coefficient (Wildman–Crippen LogP) is 4.84. The fourth-order valence-corrected chi connectivity index (χ4v) is 4.71. The third kappa shape index (κ3) is 6.29. The molecule has 0 spiro atoms. The lowest BCUT2D eigenvalue weighted by molar-refractivity contribution is -0.274. The lowest BCUT2D eigenvalue weighted by Crippen LogP contribution is -2.26. The van der Waals surface area contributed by atoms with Crippen molar-refractivity contribution in [1.82, 2.24) is 19.3 Å². The molecule has 0 bridgehead atoms. The molecule has 0 aliphatic heterocycles. The van der Waals surface area contributed by atoms with Crippen molar-refractivity contribution in [3.05, 3.63) is 71.3 Å². The van der Waals surface area contributed by atoms with Gasteiger partial charge in [0.05, 0.1) is 21.3 Å². The summed E-state index contributed by atoms with van der Waals surface area (Å²) in [6.07, 6.45) is -2.89. The summed E-state index contributed by atoms with van der Waals surface area (Å²) in [7, 11) is -4.02.